The molecule has 2 saturated carbocycles. The van der Waals surface area contributed by atoms with E-state index in [0.29, 0.717) is 18.1 Å². The van der Waals surface area contributed by atoms with Crippen LogP contribution in [0.25, 0.3) is 0 Å². The van der Waals surface area contributed by atoms with Gasteiger partial charge in [-0.25, -0.2) is 0 Å². The Labute approximate surface area is 104 Å². The zero-order valence-corrected chi connectivity index (χ0v) is 11.1. The van der Waals surface area contributed by atoms with Gasteiger partial charge >= 0.3 is 0 Å². The van der Waals surface area contributed by atoms with Crippen LogP contribution in [0.15, 0.2) is 0 Å². The normalized spacial score (nSPS) is 29.4. The van der Waals surface area contributed by atoms with Gasteiger partial charge in [-0.05, 0) is 39.8 Å². The first-order valence-electron chi connectivity index (χ1n) is 6.82. The summed E-state index contributed by atoms with van der Waals surface area (Å²) in [5.74, 6) is 0.145. The lowest BCUT2D eigenvalue weighted by molar-refractivity contribution is -0.134. The Balaban J connectivity index is 2.11. The van der Waals surface area contributed by atoms with Crippen LogP contribution in [0.3, 0.4) is 0 Å². The van der Waals surface area contributed by atoms with Gasteiger partial charge in [0.15, 0.2) is 0 Å². The van der Waals surface area contributed by atoms with E-state index in [1.54, 1.807) is 0 Å². The minimum absolute atomic E-state index is 0.145. The average molecular weight is 239 g/mol. The third-order valence-corrected chi connectivity index (χ3v) is 4.12. The molecule has 2 aliphatic carbocycles. The van der Waals surface area contributed by atoms with E-state index in [-0.39, 0.29) is 12.5 Å². The van der Waals surface area contributed by atoms with Crippen molar-refractivity contribution in [2.24, 2.45) is 5.73 Å². The summed E-state index contributed by atoms with van der Waals surface area (Å²) < 4.78 is 0. The molecule has 0 unspecified atom stereocenters. The van der Waals surface area contributed by atoms with Crippen LogP contribution in [0, 0.1) is 0 Å². The number of nitrogens with two attached hydrogens (primary N) is 1. The van der Waals surface area contributed by atoms with E-state index in [1.807, 2.05) is 0 Å². The highest BCUT2D eigenvalue weighted by atomic mass is 16.2. The van der Waals surface area contributed by atoms with Gasteiger partial charge in [-0.15, -0.1) is 0 Å². The summed E-state index contributed by atoms with van der Waals surface area (Å²) in [5.41, 5.74) is 5.56. The van der Waals surface area contributed by atoms with E-state index in [4.69, 9.17) is 5.73 Å². The van der Waals surface area contributed by atoms with Crippen molar-refractivity contribution in [3.8, 4) is 0 Å². The number of carbonyl (C=O) groups excluding carboxylic acids is 1. The van der Waals surface area contributed by atoms with E-state index in [0.717, 1.165) is 6.42 Å². The Morgan fingerprint density at radius 2 is 1.71 bits per heavy atom. The predicted octanol–water partition coefficient (Wildman–Crippen LogP) is 0.809. The molecule has 4 heteroatoms. The van der Waals surface area contributed by atoms with Crippen molar-refractivity contribution >= 4 is 5.91 Å². The van der Waals surface area contributed by atoms with E-state index in [9.17, 15) is 4.79 Å². The van der Waals surface area contributed by atoms with Crippen LogP contribution < -0.4 is 5.73 Å². The molecule has 0 saturated heterocycles. The first kappa shape index (κ1) is 12.8. The van der Waals surface area contributed by atoms with Crippen molar-refractivity contribution in [2.45, 2.75) is 56.7 Å². The number of hydrogen-bond donors (Lipinski definition) is 1. The molecule has 0 aromatic carbocycles. The molecule has 17 heavy (non-hydrogen) atoms. The highest BCUT2D eigenvalue weighted by molar-refractivity contribution is 5.79. The fourth-order valence-electron chi connectivity index (χ4n) is 3.14. The number of nitrogens with zero attached hydrogens (tertiary/aromatic N) is 2. The summed E-state index contributed by atoms with van der Waals surface area (Å²) in [5, 5.41) is 0. The summed E-state index contributed by atoms with van der Waals surface area (Å²) in [6, 6.07) is 1.39. The van der Waals surface area contributed by atoms with Gasteiger partial charge in [0.25, 0.3) is 0 Å². The average Bonchev–Trinajstić information content (AvgIpc) is 3.14. The number of carbonyl (C=O) groups is 1. The molecule has 2 N–H and O–H groups in total. The molecule has 0 radical (unpaired) electrons. The molecule has 1 amide bonds. The van der Waals surface area contributed by atoms with Gasteiger partial charge in [0.2, 0.25) is 5.91 Å². The molecule has 0 aromatic rings. The molecule has 98 valence electrons. The second kappa shape index (κ2) is 5.36. The molecule has 4 nitrogen and oxygen atoms in total. The van der Waals surface area contributed by atoms with Gasteiger partial charge in [0.05, 0.1) is 6.54 Å². The number of hydrogen-bond acceptors (Lipinski definition) is 3. The summed E-state index contributed by atoms with van der Waals surface area (Å²) in [7, 11) is 4.25. The van der Waals surface area contributed by atoms with Crippen LogP contribution in [0.5, 0.6) is 0 Å². The largest absolute Gasteiger partial charge is 0.334 e. The highest BCUT2D eigenvalue weighted by Gasteiger charge is 2.41. The molecular formula is C13H25N3O. The molecule has 2 rings (SSSR count). The second-order valence-electron chi connectivity index (χ2n) is 5.62. The molecule has 0 aliphatic heterocycles. The Morgan fingerprint density at radius 1 is 1.12 bits per heavy atom. The van der Waals surface area contributed by atoms with Crippen LogP contribution >= 0.6 is 0 Å². The molecule has 0 aromatic heterocycles. The van der Waals surface area contributed by atoms with Gasteiger partial charge in [-0.2, -0.15) is 0 Å². The first-order valence-corrected chi connectivity index (χ1v) is 6.82. The van der Waals surface area contributed by atoms with Gasteiger partial charge in [-0.3, -0.25) is 4.79 Å². The second-order valence-corrected chi connectivity index (χ2v) is 5.62. The Morgan fingerprint density at radius 3 is 2.18 bits per heavy atom. The van der Waals surface area contributed by atoms with Crippen LogP contribution in [-0.2, 0) is 4.79 Å². The lowest BCUT2D eigenvalue weighted by atomic mass is 9.88. The fourth-order valence-corrected chi connectivity index (χ4v) is 3.14. The monoisotopic (exact) mass is 239 g/mol. The lowest BCUT2D eigenvalue weighted by Gasteiger charge is -2.43. The van der Waals surface area contributed by atoms with Crippen LogP contribution in [0.4, 0.5) is 0 Å². The molecule has 0 bridgehead atoms. The van der Waals surface area contributed by atoms with Crippen LogP contribution in [0.2, 0.25) is 0 Å². The maximum absolute atomic E-state index is 12.0. The Kier molecular flexibility index (Phi) is 4.05. The standard InChI is InChI=1S/C13H25N3O/c1-15(2)11-5-3-4-6-12(11)16(10-7-8-10)13(17)9-14/h10-12H,3-9,14H2,1-2H3/t11-,12+/m0/s1. The first-order chi connectivity index (χ1) is 8.15. The van der Waals surface area contributed by atoms with Crippen molar-refractivity contribution in [3.05, 3.63) is 0 Å². The van der Waals surface area contributed by atoms with E-state index >= 15 is 0 Å². The third-order valence-electron chi connectivity index (χ3n) is 4.12. The molecule has 2 fully saturated rings. The third kappa shape index (κ3) is 2.80. The van der Waals surface area contributed by atoms with E-state index < -0.39 is 0 Å². The molecule has 2 atom stereocenters. The highest BCUT2D eigenvalue weighted by Crippen LogP contribution is 2.34. The lowest BCUT2D eigenvalue weighted by Crippen LogP contribution is -2.55. The van der Waals surface area contributed by atoms with Crippen LogP contribution in [-0.4, -0.2) is 54.5 Å². The molecule has 0 heterocycles. The minimum atomic E-state index is 0.145. The maximum atomic E-state index is 12.0. The van der Waals surface area contributed by atoms with Crippen molar-refractivity contribution in [1.29, 1.82) is 0 Å². The quantitative estimate of drug-likeness (QED) is 0.790. The van der Waals surface area contributed by atoms with Gasteiger partial charge in [-0.1, -0.05) is 12.8 Å². The van der Waals surface area contributed by atoms with Crippen molar-refractivity contribution in [3.63, 3.8) is 0 Å². The summed E-state index contributed by atoms with van der Waals surface area (Å²) in [6.07, 6.45) is 7.22. The van der Waals surface area contributed by atoms with Crippen molar-refractivity contribution in [2.75, 3.05) is 20.6 Å². The van der Waals surface area contributed by atoms with E-state index in [1.165, 1.54) is 32.1 Å². The van der Waals surface area contributed by atoms with Crippen LogP contribution in [0.1, 0.15) is 38.5 Å². The zero-order valence-electron chi connectivity index (χ0n) is 11.1. The number of rotatable bonds is 4. The summed E-state index contributed by atoms with van der Waals surface area (Å²) in [6.45, 7) is 0.160. The predicted molar refractivity (Wildman–Crippen MR) is 68.7 cm³/mol. The van der Waals surface area contributed by atoms with Gasteiger partial charge in [0, 0.05) is 18.1 Å². The minimum Gasteiger partial charge on any atom is -0.334 e. The van der Waals surface area contributed by atoms with E-state index in [2.05, 4.69) is 23.9 Å². The molecular weight excluding hydrogens is 214 g/mol. The molecule has 0 spiro atoms. The summed E-state index contributed by atoms with van der Waals surface area (Å²) in [4.78, 5) is 16.4. The topological polar surface area (TPSA) is 49.6 Å². The van der Waals surface area contributed by atoms with Gasteiger partial charge in [0.1, 0.15) is 0 Å². The van der Waals surface area contributed by atoms with Crippen molar-refractivity contribution in [1.82, 2.24) is 9.80 Å². The SMILES string of the molecule is CN(C)[C@H]1CCCC[C@H]1N(C(=O)CN)C1CC1. The number of likely N-dealkylation sites (N-methyl/N-ethyl adjacent to an activating group) is 1. The zero-order chi connectivity index (χ0) is 12.4. The smallest absolute Gasteiger partial charge is 0.236 e. The number of amides is 1. The molecule has 2 aliphatic rings. The van der Waals surface area contributed by atoms with Crippen molar-refractivity contribution < 1.29 is 4.79 Å². The maximum Gasteiger partial charge on any atom is 0.236 e. The van der Waals surface area contributed by atoms with Gasteiger partial charge < -0.3 is 15.5 Å². The Hall–Kier alpha value is -0.610. The Bertz CT molecular complexity index is 276. The fraction of sp³-hybridized carbons (Fsp3) is 0.923. The summed E-state index contributed by atoms with van der Waals surface area (Å²) >= 11 is 0.